The fraction of sp³-hybridized carbons (Fsp3) is 1.00. The number of hydrogen-bond donors (Lipinski definition) is 1. The molecule has 0 radical (unpaired) electrons. The van der Waals surface area contributed by atoms with Gasteiger partial charge in [-0.1, -0.05) is 0 Å². The minimum absolute atomic E-state index is 0.0444. The van der Waals surface area contributed by atoms with Gasteiger partial charge >= 0.3 is 7.82 Å². The first kappa shape index (κ1) is 12.1. The molecule has 0 aromatic rings. The molecule has 1 N–H and O–H groups in total. The van der Waals surface area contributed by atoms with Crippen LogP contribution in [0.1, 0.15) is 13.8 Å². The van der Waals surface area contributed by atoms with Crippen molar-refractivity contribution in [2.75, 3.05) is 26.4 Å². The van der Waals surface area contributed by atoms with E-state index in [1.165, 1.54) is 0 Å². The first-order valence-electron chi connectivity index (χ1n) is 3.83. The fourth-order valence-corrected chi connectivity index (χ4v) is 1.74. The van der Waals surface area contributed by atoms with Crippen molar-refractivity contribution in [2.24, 2.45) is 0 Å². The quantitative estimate of drug-likeness (QED) is 0.622. The minimum atomic E-state index is -3.40. The van der Waals surface area contributed by atoms with Gasteiger partial charge in [0.05, 0.1) is 26.4 Å². The standard InChI is InChI=1S/C6H15O5P/c1-3-9-12(8,10-4-2)11-6-5-7/h7H,3-6H2,1-2H3. The van der Waals surface area contributed by atoms with Gasteiger partial charge in [-0.15, -0.1) is 0 Å². The van der Waals surface area contributed by atoms with Gasteiger partial charge < -0.3 is 5.11 Å². The topological polar surface area (TPSA) is 65.0 Å². The van der Waals surface area contributed by atoms with E-state index < -0.39 is 7.82 Å². The minimum Gasteiger partial charge on any atom is -0.394 e. The molecule has 0 amide bonds. The lowest BCUT2D eigenvalue weighted by atomic mass is 10.8. The number of hydrogen-bond acceptors (Lipinski definition) is 5. The molecule has 0 spiro atoms. The van der Waals surface area contributed by atoms with Gasteiger partial charge in [0.25, 0.3) is 0 Å². The Morgan fingerprint density at radius 1 is 1.17 bits per heavy atom. The average molecular weight is 198 g/mol. The van der Waals surface area contributed by atoms with Crippen LogP contribution in [-0.2, 0) is 18.1 Å². The Balaban J connectivity index is 3.90. The van der Waals surface area contributed by atoms with Crippen LogP contribution < -0.4 is 0 Å². The van der Waals surface area contributed by atoms with Crippen molar-refractivity contribution >= 4 is 7.82 Å². The van der Waals surface area contributed by atoms with E-state index in [9.17, 15) is 4.57 Å². The monoisotopic (exact) mass is 198 g/mol. The van der Waals surface area contributed by atoms with Crippen LogP contribution in [0.3, 0.4) is 0 Å². The molecule has 0 saturated carbocycles. The van der Waals surface area contributed by atoms with E-state index in [1.54, 1.807) is 13.8 Å². The van der Waals surface area contributed by atoms with E-state index in [2.05, 4.69) is 0 Å². The van der Waals surface area contributed by atoms with Crippen LogP contribution in [-0.4, -0.2) is 31.5 Å². The summed E-state index contributed by atoms with van der Waals surface area (Å²) in [5.74, 6) is 0. The van der Waals surface area contributed by atoms with Crippen molar-refractivity contribution in [1.82, 2.24) is 0 Å². The molecule has 0 bridgehead atoms. The second kappa shape index (κ2) is 6.57. The van der Waals surface area contributed by atoms with E-state index >= 15 is 0 Å². The van der Waals surface area contributed by atoms with Crippen molar-refractivity contribution in [3.63, 3.8) is 0 Å². The van der Waals surface area contributed by atoms with Gasteiger partial charge in [0, 0.05) is 0 Å². The van der Waals surface area contributed by atoms with Gasteiger partial charge in [-0.2, -0.15) is 0 Å². The van der Waals surface area contributed by atoms with E-state index in [1.807, 2.05) is 0 Å². The molecule has 0 aromatic carbocycles. The second-order valence-electron chi connectivity index (χ2n) is 1.84. The van der Waals surface area contributed by atoms with Crippen molar-refractivity contribution in [1.29, 1.82) is 0 Å². The molecule has 0 aliphatic heterocycles. The van der Waals surface area contributed by atoms with E-state index in [4.69, 9.17) is 18.7 Å². The number of phosphoric acid groups is 1. The lowest BCUT2D eigenvalue weighted by Crippen LogP contribution is -2.03. The predicted molar refractivity (Wildman–Crippen MR) is 43.9 cm³/mol. The molecule has 0 rings (SSSR count). The SMILES string of the molecule is CCOP(=O)(OCC)OCCO. The van der Waals surface area contributed by atoms with Crippen LogP contribution in [0.2, 0.25) is 0 Å². The average Bonchev–Trinajstić information content (AvgIpc) is 2.02. The van der Waals surface area contributed by atoms with Crippen LogP contribution in [0, 0.1) is 0 Å². The van der Waals surface area contributed by atoms with Gasteiger partial charge in [-0.05, 0) is 13.8 Å². The maximum atomic E-state index is 11.4. The molecule has 0 atom stereocenters. The highest BCUT2D eigenvalue weighted by Crippen LogP contribution is 2.48. The summed E-state index contributed by atoms with van der Waals surface area (Å²) in [4.78, 5) is 0. The van der Waals surface area contributed by atoms with Crippen LogP contribution in [0.4, 0.5) is 0 Å². The van der Waals surface area contributed by atoms with Crippen molar-refractivity contribution in [3.8, 4) is 0 Å². The Labute approximate surface area is 72.2 Å². The smallest absolute Gasteiger partial charge is 0.394 e. The highest BCUT2D eigenvalue weighted by Gasteiger charge is 2.24. The molecule has 0 aliphatic rings. The molecule has 0 aliphatic carbocycles. The zero-order valence-electron chi connectivity index (χ0n) is 7.36. The van der Waals surface area contributed by atoms with Crippen molar-refractivity contribution in [2.45, 2.75) is 13.8 Å². The third kappa shape index (κ3) is 4.85. The number of rotatable bonds is 7. The Morgan fingerprint density at radius 3 is 2.00 bits per heavy atom. The highest BCUT2D eigenvalue weighted by atomic mass is 31.2. The third-order valence-corrected chi connectivity index (χ3v) is 2.56. The van der Waals surface area contributed by atoms with Gasteiger partial charge in [-0.3, -0.25) is 13.6 Å². The van der Waals surface area contributed by atoms with E-state index in [-0.39, 0.29) is 26.4 Å². The van der Waals surface area contributed by atoms with Gasteiger partial charge in [0.1, 0.15) is 0 Å². The molecule has 12 heavy (non-hydrogen) atoms. The number of aliphatic hydroxyl groups is 1. The molecule has 0 unspecified atom stereocenters. The first-order chi connectivity index (χ1) is 5.68. The normalized spacial score (nSPS) is 11.9. The molecule has 0 heterocycles. The summed E-state index contributed by atoms with van der Waals surface area (Å²) in [5.41, 5.74) is 0. The molecular formula is C6H15O5P. The van der Waals surface area contributed by atoms with Crippen LogP contribution in [0.15, 0.2) is 0 Å². The molecule has 0 aromatic heterocycles. The number of aliphatic hydroxyl groups excluding tert-OH is 1. The molecule has 0 fully saturated rings. The lowest BCUT2D eigenvalue weighted by molar-refractivity contribution is 0.102. The summed E-state index contributed by atoms with van der Waals surface area (Å²) in [6, 6.07) is 0. The van der Waals surface area contributed by atoms with E-state index in [0.717, 1.165) is 0 Å². The summed E-state index contributed by atoms with van der Waals surface area (Å²) in [5, 5.41) is 8.41. The summed E-state index contributed by atoms with van der Waals surface area (Å²) in [6.45, 7) is 3.63. The van der Waals surface area contributed by atoms with Crippen LogP contribution in [0.5, 0.6) is 0 Å². The van der Waals surface area contributed by atoms with Gasteiger partial charge in [-0.25, -0.2) is 4.57 Å². The maximum Gasteiger partial charge on any atom is 0.474 e. The summed E-state index contributed by atoms with van der Waals surface area (Å²) in [7, 11) is -3.40. The zero-order chi connectivity index (χ0) is 9.45. The van der Waals surface area contributed by atoms with Crippen molar-refractivity contribution in [3.05, 3.63) is 0 Å². The predicted octanol–water partition coefficient (Wildman–Crippen LogP) is 1.18. The second-order valence-corrected chi connectivity index (χ2v) is 3.51. The Bertz CT molecular complexity index is 139. The summed E-state index contributed by atoms with van der Waals surface area (Å²) in [6.07, 6.45) is 0. The summed E-state index contributed by atoms with van der Waals surface area (Å²) >= 11 is 0. The van der Waals surface area contributed by atoms with Crippen LogP contribution >= 0.6 is 7.82 Å². The molecular weight excluding hydrogens is 183 g/mol. The van der Waals surface area contributed by atoms with Crippen LogP contribution in [0.25, 0.3) is 0 Å². The number of phosphoric ester groups is 1. The van der Waals surface area contributed by atoms with Gasteiger partial charge in [0.15, 0.2) is 0 Å². The molecule has 6 heteroatoms. The largest absolute Gasteiger partial charge is 0.474 e. The fourth-order valence-electron chi connectivity index (χ4n) is 0.581. The maximum absolute atomic E-state index is 11.4. The van der Waals surface area contributed by atoms with E-state index in [0.29, 0.717) is 0 Å². The molecule has 74 valence electrons. The Morgan fingerprint density at radius 2 is 1.67 bits per heavy atom. The molecule has 0 saturated heterocycles. The zero-order valence-corrected chi connectivity index (χ0v) is 8.25. The third-order valence-electron chi connectivity index (χ3n) is 0.915. The van der Waals surface area contributed by atoms with Crippen molar-refractivity contribution < 1.29 is 23.2 Å². The first-order valence-corrected chi connectivity index (χ1v) is 5.29. The molecule has 5 nitrogen and oxygen atoms in total. The van der Waals surface area contributed by atoms with Gasteiger partial charge in [0.2, 0.25) is 0 Å². The lowest BCUT2D eigenvalue weighted by Gasteiger charge is -2.15. The summed E-state index contributed by atoms with van der Waals surface area (Å²) < 4.78 is 25.7. The Kier molecular flexibility index (Phi) is 6.61. The highest BCUT2D eigenvalue weighted by molar-refractivity contribution is 7.48. The Hall–Kier alpha value is 0.0700.